The first-order chi connectivity index (χ1) is 10.7. The maximum Gasteiger partial charge on any atom is 0.340 e. The third kappa shape index (κ3) is 3.82. The van der Waals surface area contributed by atoms with Crippen LogP contribution >= 0.6 is 0 Å². The summed E-state index contributed by atoms with van der Waals surface area (Å²) >= 11 is 0. The van der Waals surface area contributed by atoms with Crippen molar-refractivity contribution in [2.45, 2.75) is 25.4 Å². The lowest BCUT2D eigenvalue weighted by atomic mass is 10.2. The topological polar surface area (TPSA) is 93.9 Å². The average Bonchev–Trinajstić information content (AvgIpc) is 3.09. The molecule has 1 aliphatic heterocycles. The van der Waals surface area contributed by atoms with Crippen LogP contribution in [-0.2, 0) is 17.8 Å². The fourth-order valence-corrected chi connectivity index (χ4v) is 2.76. The van der Waals surface area contributed by atoms with Gasteiger partial charge in [0, 0.05) is 25.7 Å². The van der Waals surface area contributed by atoms with Crippen molar-refractivity contribution in [1.29, 1.82) is 0 Å². The summed E-state index contributed by atoms with van der Waals surface area (Å²) in [4.78, 5) is 27.7. The van der Waals surface area contributed by atoms with Crippen molar-refractivity contribution >= 4 is 5.91 Å². The van der Waals surface area contributed by atoms with Crippen molar-refractivity contribution in [3.05, 3.63) is 52.2 Å². The molecule has 0 aliphatic carbocycles. The third-order valence-electron chi connectivity index (χ3n) is 3.76. The summed E-state index contributed by atoms with van der Waals surface area (Å²) in [5.41, 5.74) is 0.890. The molecule has 7 heteroatoms. The minimum atomic E-state index is -0.391. The molecule has 1 aromatic carbocycles. The van der Waals surface area contributed by atoms with Crippen molar-refractivity contribution in [2.24, 2.45) is 0 Å². The van der Waals surface area contributed by atoms with Crippen LogP contribution in [0.4, 0.5) is 0 Å². The highest BCUT2D eigenvalue weighted by atomic mass is 16.2. The van der Waals surface area contributed by atoms with E-state index in [4.69, 9.17) is 0 Å². The number of nitrogens with zero attached hydrogens (tertiary/aromatic N) is 2. The van der Waals surface area contributed by atoms with Crippen LogP contribution in [0.3, 0.4) is 0 Å². The Hall–Kier alpha value is -2.41. The monoisotopic (exact) mass is 301 g/mol. The first kappa shape index (κ1) is 14.5. The second-order valence-corrected chi connectivity index (χ2v) is 5.58. The predicted molar refractivity (Wildman–Crippen MR) is 81.2 cm³/mol. The quantitative estimate of drug-likeness (QED) is 0.726. The highest BCUT2D eigenvalue weighted by molar-refractivity contribution is 5.78. The number of nitrogens with one attached hydrogen (secondary N) is 3. The zero-order valence-corrected chi connectivity index (χ0v) is 12.2. The molecule has 3 rings (SSSR count). The number of H-pyrrole nitrogens is 2. The Labute approximate surface area is 127 Å². The molecule has 1 atom stereocenters. The number of rotatable bonds is 5. The summed E-state index contributed by atoms with van der Waals surface area (Å²) in [5, 5.41) is 8.99. The number of aromatic amines is 2. The molecule has 7 nitrogen and oxygen atoms in total. The number of amides is 1. The zero-order valence-electron chi connectivity index (χ0n) is 12.2. The second-order valence-electron chi connectivity index (χ2n) is 5.58. The van der Waals surface area contributed by atoms with Gasteiger partial charge in [-0.05, 0) is 12.0 Å². The van der Waals surface area contributed by atoms with Crippen molar-refractivity contribution in [3.8, 4) is 0 Å². The number of benzene rings is 1. The standard InChI is InChI=1S/C15H19N5O2/c21-14(8-13-17-15(22)19-18-13)16-12-6-7-20(10-12)9-11-4-2-1-3-5-11/h1-5,12H,6-10H2,(H,16,21)(H2,17,18,19,22)/t12-/m0/s1. The third-order valence-corrected chi connectivity index (χ3v) is 3.76. The van der Waals surface area contributed by atoms with Gasteiger partial charge in [-0.3, -0.25) is 14.7 Å². The Bertz CT molecular complexity index is 678. The van der Waals surface area contributed by atoms with Gasteiger partial charge in [0.05, 0.1) is 6.42 Å². The summed E-state index contributed by atoms with van der Waals surface area (Å²) in [6.45, 7) is 2.72. The first-order valence-electron chi connectivity index (χ1n) is 7.38. The maximum atomic E-state index is 11.9. The van der Waals surface area contributed by atoms with Crippen molar-refractivity contribution in [1.82, 2.24) is 25.4 Å². The molecule has 0 spiro atoms. The van der Waals surface area contributed by atoms with Crippen LogP contribution < -0.4 is 11.0 Å². The second kappa shape index (κ2) is 6.57. The summed E-state index contributed by atoms with van der Waals surface area (Å²) in [7, 11) is 0. The maximum absolute atomic E-state index is 11.9. The lowest BCUT2D eigenvalue weighted by Gasteiger charge is -2.16. The summed E-state index contributed by atoms with van der Waals surface area (Å²) in [6.07, 6.45) is 1.03. The number of hydrogen-bond donors (Lipinski definition) is 3. The molecule has 1 aliphatic rings. The Balaban J connectivity index is 1.46. The van der Waals surface area contributed by atoms with Gasteiger partial charge in [-0.1, -0.05) is 30.3 Å². The molecular weight excluding hydrogens is 282 g/mol. The van der Waals surface area contributed by atoms with Crippen LogP contribution in [0.5, 0.6) is 0 Å². The molecule has 1 saturated heterocycles. The van der Waals surface area contributed by atoms with Crippen LogP contribution in [0.15, 0.2) is 35.1 Å². The van der Waals surface area contributed by atoms with Crippen LogP contribution in [0, 0.1) is 0 Å². The SMILES string of the molecule is O=C(Cc1n[nH]c(=O)[nH]1)N[C@H]1CCN(Cc2ccccc2)C1. The van der Waals surface area contributed by atoms with Gasteiger partial charge in [0.15, 0.2) is 0 Å². The van der Waals surface area contributed by atoms with Crippen molar-refractivity contribution < 1.29 is 4.79 Å². The molecule has 0 saturated carbocycles. The van der Waals surface area contributed by atoms with Gasteiger partial charge in [0.1, 0.15) is 5.82 Å². The van der Waals surface area contributed by atoms with Gasteiger partial charge in [0.2, 0.25) is 5.91 Å². The molecule has 2 aromatic rings. The van der Waals surface area contributed by atoms with Crippen LogP contribution in [0.25, 0.3) is 0 Å². The lowest BCUT2D eigenvalue weighted by Crippen LogP contribution is -2.38. The number of aromatic nitrogens is 3. The minimum Gasteiger partial charge on any atom is -0.352 e. The summed E-state index contributed by atoms with van der Waals surface area (Å²) in [5.74, 6) is 0.246. The highest BCUT2D eigenvalue weighted by Gasteiger charge is 2.24. The number of carbonyl (C=O) groups is 1. The molecular formula is C15H19N5O2. The molecule has 1 aromatic heterocycles. The number of carbonyl (C=O) groups excluding carboxylic acids is 1. The van der Waals surface area contributed by atoms with E-state index in [9.17, 15) is 9.59 Å². The Kier molecular flexibility index (Phi) is 4.34. The molecule has 116 valence electrons. The van der Waals surface area contributed by atoms with Gasteiger partial charge in [-0.25, -0.2) is 9.89 Å². The van der Waals surface area contributed by atoms with Gasteiger partial charge < -0.3 is 5.32 Å². The Morgan fingerprint density at radius 3 is 2.91 bits per heavy atom. The minimum absolute atomic E-state index is 0.0912. The first-order valence-corrected chi connectivity index (χ1v) is 7.38. The molecule has 3 N–H and O–H groups in total. The molecule has 0 bridgehead atoms. The van der Waals surface area contributed by atoms with E-state index in [1.54, 1.807) is 0 Å². The van der Waals surface area contributed by atoms with Crippen molar-refractivity contribution in [3.63, 3.8) is 0 Å². The van der Waals surface area contributed by atoms with E-state index in [0.717, 1.165) is 26.1 Å². The summed E-state index contributed by atoms with van der Waals surface area (Å²) in [6, 6.07) is 10.5. The van der Waals surface area contributed by atoms with Gasteiger partial charge in [-0.2, -0.15) is 5.10 Å². The van der Waals surface area contributed by atoms with Crippen LogP contribution in [-0.4, -0.2) is 45.1 Å². The van der Waals surface area contributed by atoms with Crippen LogP contribution in [0.1, 0.15) is 17.8 Å². The molecule has 1 fully saturated rings. The average molecular weight is 301 g/mol. The van der Waals surface area contributed by atoms with E-state index in [1.165, 1.54) is 5.56 Å². The van der Waals surface area contributed by atoms with E-state index in [-0.39, 0.29) is 18.4 Å². The lowest BCUT2D eigenvalue weighted by molar-refractivity contribution is -0.121. The highest BCUT2D eigenvalue weighted by Crippen LogP contribution is 2.13. The van der Waals surface area contributed by atoms with E-state index in [2.05, 4.69) is 37.5 Å². The Morgan fingerprint density at radius 2 is 2.18 bits per heavy atom. The smallest absolute Gasteiger partial charge is 0.340 e. The van der Waals surface area contributed by atoms with E-state index in [1.807, 2.05) is 18.2 Å². The van der Waals surface area contributed by atoms with Crippen molar-refractivity contribution in [2.75, 3.05) is 13.1 Å². The van der Waals surface area contributed by atoms with Crippen LogP contribution in [0.2, 0.25) is 0 Å². The normalized spacial score (nSPS) is 18.5. The van der Waals surface area contributed by atoms with E-state index in [0.29, 0.717) is 5.82 Å². The molecule has 0 radical (unpaired) electrons. The number of hydrogen-bond acceptors (Lipinski definition) is 4. The van der Waals surface area contributed by atoms with E-state index >= 15 is 0 Å². The molecule has 22 heavy (non-hydrogen) atoms. The fraction of sp³-hybridized carbons (Fsp3) is 0.400. The van der Waals surface area contributed by atoms with E-state index < -0.39 is 5.69 Å². The molecule has 0 unspecified atom stereocenters. The van der Waals surface area contributed by atoms with Gasteiger partial charge >= 0.3 is 5.69 Å². The fourth-order valence-electron chi connectivity index (χ4n) is 2.76. The zero-order chi connectivity index (χ0) is 15.4. The molecule has 2 heterocycles. The summed E-state index contributed by atoms with van der Waals surface area (Å²) < 4.78 is 0. The van der Waals surface area contributed by atoms with Gasteiger partial charge in [0.25, 0.3) is 0 Å². The number of likely N-dealkylation sites (tertiary alicyclic amines) is 1. The van der Waals surface area contributed by atoms with Gasteiger partial charge in [-0.15, -0.1) is 0 Å². The largest absolute Gasteiger partial charge is 0.352 e. The molecule has 1 amide bonds. The Morgan fingerprint density at radius 1 is 1.36 bits per heavy atom. The predicted octanol–water partition coefficient (Wildman–Crippen LogP) is 0.0312.